The van der Waals surface area contributed by atoms with E-state index >= 15 is 0 Å². The van der Waals surface area contributed by atoms with E-state index in [1.807, 2.05) is 0 Å². The number of rotatable bonds is 4. The molecule has 0 aliphatic heterocycles. The molecule has 0 aliphatic carbocycles. The van der Waals surface area contributed by atoms with Gasteiger partial charge in [-0.3, -0.25) is 0 Å². The zero-order chi connectivity index (χ0) is 12.5. The number of hydrogen-bond donors (Lipinski definition) is 2. The van der Waals surface area contributed by atoms with E-state index in [0.29, 0.717) is 0 Å². The lowest BCUT2D eigenvalue weighted by molar-refractivity contribution is -0.121. The van der Waals surface area contributed by atoms with E-state index in [-0.39, 0.29) is 16.4 Å². The van der Waals surface area contributed by atoms with Gasteiger partial charge in [-0.05, 0) is 0 Å². The molecule has 0 amide bonds. The van der Waals surface area contributed by atoms with Crippen LogP contribution >= 0.6 is 0 Å². The van der Waals surface area contributed by atoms with Gasteiger partial charge in [0.2, 0.25) is 10.0 Å². The van der Waals surface area contributed by atoms with Crippen molar-refractivity contribution in [2.45, 2.75) is 11.4 Å². The van der Waals surface area contributed by atoms with Crippen LogP contribution in [0.2, 0.25) is 0 Å². The average Bonchev–Trinajstić information content (AvgIpc) is 1.75. The maximum atomic E-state index is 12.0. The van der Waals surface area contributed by atoms with Crippen molar-refractivity contribution in [2.24, 2.45) is 0 Å². The fraction of sp³-hybridized carbons (Fsp3) is 0.500. The maximum absolute atomic E-state index is 12.0. The first kappa shape index (κ1) is 17.7. The Kier molecular flexibility index (Phi) is 5.60. The summed E-state index contributed by atoms with van der Waals surface area (Å²) in [5.41, 5.74) is 0. The largest absolute Gasteiger partial charge is 0.410 e. The predicted molar refractivity (Wildman–Crippen MR) is 47.1 cm³/mol. The molecule has 0 saturated heterocycles. The van der Waals surface area contributed by atoms with E-state index in [1.165, 1.54) is 0 Å². The van der Waals surface area contributed by atoms with Crippen molar-refractivity contribution in [1.82, 2.24) is 10.3 Å². The highest BCUT2D eigenvalue weighted by Gasteiger charge is 2.48. The van der Waals surface area contributed by atoms with Crippen LogP contribution in [0.25, 0.3) is 0 Å². The van der Waals surface area contributed by atoms with Gasteiger partial charge in [-0.2, -0.15) is 21.6 Å². The lowest BCUT2D eigenvalue weighted by Gasteiger charge is -2.15. The van der Waals surface area contributed by atoms with E-state index in [2.05, 4.69) is 6.58 Å². The third-order valence-electron chi connectivity index (χ3n) is 1.09. The fourth-order valence-corrected chi connectivity index (χ4v) is 2.76. The van der Waals surface area contributed by atoms with Crippen LogP contribution in [0.3, 0.4) is 0 Å². The zero-order valence-corrected chi connectivity index (χ0v) is 9.16. The number of hydrogen-bond acceptors (Lipinski definition) is 5. The molecule has 0 rings (SSSR count). The van der Waals surface area contributed by atoms with Crippen LogP contribution in [-0.2, 0) is 20.4 Å². The van der Waals surface area contributed by atoms with E-state index in [4.69, 9.17) is 0 Å². The van der Waals surface area contributed by atoms with Crippen molar-refractivity contribution < 1.29 is 33.9 Å². The van der Waals surface area contributed by atoms with E-state index in [1.54, 1.807) is 0 Å². The molecule has 0 aromatic heterocycles. The molecule has 4 N–H and O–H groups in total. The molecule has 98 valence electrons. The van der Waals surface area contributed by atoms with Gasteiger partial charge in [0, 0.05) is 0 Å². The minimum Gasteiger partial charge on any atom is -0.344 e. The van der Waals surface area contributed by atoms with Gasteiger partial charge in [-0.15, -0.1) is 6.58 Å². The van der Waals surface area contributed by atoms with Gasteiger partial charge in [-0.1, -0.05) is 14.1 Å². The lowest BCUT2D eigenvalue weighted by atomic mass is 10.4. The second kappa shape index (κ2) is 5.07. The molecular formula is C4H8F4N2O4S2. The summed E-state index contributed by atoms with van der Waals surface area (Å²) in [6.07, 6.45) is -5.34. The van der Waals surface area contributed by atoms with Gasteiger partial charge in [0.05, 0.1) is 0 Å². The fourth-order valence-electron chi connectivity index (χ4n) is 0.627. The summed E-state index contributed by atoms with van der Waals surface area (Å²) < 4.78 is 89.1. The first-order chi connectivity index (χ1) is 6.40. The van der Waals surface area contributed by atoms with Gasteiger partial charge in [0.1, 0.15) is 0 Å². The number of halogens is 4. The smallest absolute Gasteiger partial charge is 0.344 e. The molecule has 0 radical (unpaired) electrons. The number of sulfonamides is 1. The van der Waals surface area contributed by atoms with Crippen LogP contribution in [0.1, 0.15) is 0 Å². The van der Waals surface area contributed by atoms with Crippen molar-refractivity contribution in [3.05, 3.63) is 12.7 Å². The molecule has 12 heteroatoms. The molecule has 0 aliphatic rings. The summed E-state index contributed by atoms with van der Waals surface area (Å²) in [6.45, 7) is 2.57. The third kappa shape index (κ3) is 5.39. The van der Waals surface area contributed by atoms with Crippen molar-refractivity contribution in [3.63, 3.8) is 0 Å². The van der Waals surface area contributed by atoms with Crippen molar-refractivity contribution in [2.75, 3.05) is 0 Å². The summed E-state index contributed by atoms with van der Waals surface area (Å²) >= 11 is 0. The van der Waals surface area contributed by atoms with E-state index < -0.39 is 31.9 Å². The Morgan fingerprint density at radius 3 is 1.75 bits per heavy atom. The second-order valence-electron chi connectivity index (χ2n) is 2.26. The molecule has 0 heterocycles. The number of alkyl halides is 3. The maximum Gasteiger partial charge on any atom is 0.410 e. The Morgan fingerprint density at radius 1 is 1.19 bits per heavy atom. The molecule has 0 spiro atoms. The summed E-state index contributed by atoms with van der Waals surface area (Å²) in [5.74, 6) is 0. The van der Waals surface area contributed by atoms with Gasteiger partial charge >= 0.3 is 16.6 Å². The van der Waals surface area contributed by atoms with Gasteiger partial charge in [0.25, 0.3) is 0 Å². The van der Waals surface area contributed by atoms with Gasteiger partial charge in [-0.25, -0.2) is 8.42 Å². The normalized spacial score (nSPS) is 15.0. The Hall–Kier alpha value is -0.720. The SMILES string of the molecule is C=CC(C(F)(F)F)S(=O)(=O)NS(=O)(=O)F.N. The molecule has 0 aromatic rings. The first-order valence-corrected chi connectivity index (χ1v) is 5.99. The molecule has 1 unspecified atom stereocenters. The molecule has 1 atom stereocenters. The standard InChI is InChI=1S/C4H5F4NO4S2.H3N/c1-2-3(4(5,6)7)14(10,11)9-15(8,12)13;/h2-3,9H,1H2;1H3. The quantitative estimate of drug-likeness (QED) is 0.441. The summed E-state index contributed by atoms with van der Waals surface area (Å²) in [5, 5.41) is -3.20. The first-order valence-electron chi connectivity index (χ1n) is 3.06. The highest BCUT2D eigenvalue weighted by Crippen LogP contribution is 2.26. The highest BCUT2D eigenvalue weighted by atomic mass is 32.3. The predicted octanol–water partition coefficient (Wildman–Crippen LogP) is 0.399. The van der Waals surface area contributed by atoms with Crippen LogP contribution in [-0.4, -0.2) is 28.3 Å². The zero-order valence-electron chi connectivity index (χ0n) is 7.53. The van der Waals surface area contributed by atoms with Crippen LogP contribution in [0.5, 0.6) is 0 Å². The Morgan fingerprint density at radius 2 is 1.56 bits per heavy atom. The topological polar surface area (TPSA) is 115 Å². The average molecular weight is 288 g/mol. The molecule has 16 heavy (non-hydrogen) atoms. The molecule has 0 aromatic carbocycles. The Labute approximate surface area is 89.3 Å². The molecule has 0 fully saturated rings. The lowest BCUT2D eigenvalue weighted by Crippen LogP contribution is -2.43. The molecule has 6 nitrogen and oxygen atoms in total. The third-order valence-corrected chi connectivity index (χ3v) is 3.94. The monoisotopic (exact) mass is 288 g/mol. The van der Waals surface area contributed by atoms with Crippen molar-refractivity contribution in [1.29, 1.82) is 0 Å². The second-order valence-corrected chi connectivity index (χ2v) is 5.40. The number of nitrogens with one attached hydrogen (secondary N) is 1. The highest BCUT2D eigenvalue weighted by molar-refractivity contribution is 8.03. The van der Waals surface area contributed by atoms with Crippen LogP contribution in [0.15, 0.2) is 12.7 Å². The van der Waals surface area contributed by atoms with Gasteiger partial charge in [0.15, 0.2) is 5.25 Å². The Bertz CT molecular complexity index is 439. The summed E-state index contributed by atoms with van der Waals surface area (Å²) in [7, 11) is -11.2. The molecule has 0 bridgehead atoms. The summed E-state index contributed by atoms with van der Waals surface area (Å²) in [6, 6.07) is 0. The minimum atomic E-state index is -5.78. The van der Waals surface area contributed by atoms with Gasteiger partial charge < -0.3 is 6.15 Å². The van der Waals surface area contributed by atoms with Crippen LogP contribution in [0, 0.1) is 0 Å². The van der Waals surface area contributed by atoms with E-state index in [9.17, 15) is 33.9 Å². The van der Waals surface area contributed by atoms with Crippen molar-refractivity contribution >= 4 is 20.4 Å². The van der Waals surface area contributed by atoms with Crippen LogP contribution < -0.4 is 10.3 Å². The molecule has 0 saturated carbocycles. The van der Waals surface area contributed by atoms with Crippen LogP contribution in [0.4, 0.5) is 17.1 Å². The molecular weight excluding hydrogens is 280 g/mol. The Balaban J connectivity index is 0. The van der Waals surface area contributed by atoms with Crippen molar-refractivity contribution in [3.8, 4) is 0 Å². The minimum absolute atomic E-state index is 0. The van der Waals surface area contributed by atoms with E-state index in [0.717, 1.165) is 0 Å². The summed E-state index contributed by atoms with van der Waals surface area (Å²) in [4.78, 5) is 0.